The van der Waals surface area contributed by atoms with Crippen molar-refractivity contribution in [3.63, 3.8) is 0 Å². The van der Waals surface area contributed by atoms with Crippen molar-refractivity contribution in [2.24, 2.45) is 0 Å². The maximum atomic E-state index is 12.8. The second-order valence-corrected chi connectivity index (χ2v) is 3.40. The van der Waals surface area contributed by atoms with Gasteiger partial charge in [0.05, 0.1) is 0 Å². The fourth-order valence-electron chi connectivity index (χ4n) is 1.17. The van der Waals surface area contributed by atoms with Crippen LogP contribution in [0.4, 0.5) is 43.9 Å². The van der Waals surface area contributed by atoms with Gasteiger partial charge in [0, 0.05) is 0 Å². The zero-order valence-electron chi connectivity index (χ0n) is 8.49. The second-order valence-electron chi connectivity index (χ2n) is 3.40. The van der Waals surface area contributed by atoms with Gasteiger partial charge in [0.2, 0.25) is 0 Å². The molecule has 20 heavy (non-hydrogen) atoms. The third kappa shape index (κ3) is 1.88. The highest BCUT2D eigenvalue weighted by Crippen LogP contribution is 2.58. The number of carboxylic acid groups (broad SMARTS) is 1. The molecule has 118 valence electrons. The van der Waals surface area contributed by atoms with E-state index in [4.69, 9.17) is 5.11 Å². The van der Waals surface area contributed by atoms with E-state index in [0.29, 0.717) is 0 Å². The van der Waals surface area contributed by atoms with E-state index in [0.717, 1.165) is 0 Å². The summed E-state index contributed by atoms with van der Waals surface area (Å²) in [5.74, 6) is -3.77. The van der Waals surface area contributed by atoms with Crippen LogP contribution in [0.5, 0.6) is 0 Å². The van der Waals surface area contributed by atoms with Crippen LogP contribution in [0, 0.1) is 0 Å². The lowest BCUT2D eigenvalue weighted by atomic mass is 10.2. The van der Waals surface area contributed by atoms with Gasteiger partial charge < -0.3 is 5.11 Å². The Morgan fingerprint density at radius 2 is 1.20 bits per heavy atom. The van der Waals surface area contributed by atoms with E-state index in [9.17, 15) is 48.7 Å². The van der Waals surface area contributed by atoms with Crippen LogP contribution in [0.1, 0.15) is 0 Å². The lowest BCUT2D eigenvalue weighted by Crippen LogP contribution is -2.78. The number of halogens is 10. The minimum Gasteiger partial charge on any atom is -0.476 e. The predicted octanol–water partition coefficient (Wildman–Crippen LogP) is 2.37. The molecule has 0 aliphatic carbocycles. The van der Waals surface area contributed by atoms with Crippen molar-refractivity contribution in [2.45, 2.75) is 30.4 Å². The number of ether oxygens (including phenoxy) is 1. The van der Waals surface area contributed by atoms with Gasteiger partial charge in [0.1, 0.15) is 0 Å². The normalized spacial score (nSPS) is 28.1. The smallest absolute Gasteiger partial charge is 0.439 e. The van der Waals surface area contributed by atoms with Gasteiger partial charge in [0.25, 0.3) is 0 Å². The molecule has 0 spiro atoms. The van der Waals surface area contributed by atoms with Crippen molar-refractivity contribution in [3.8, 4) is 0 Å². The number of carboxylic acids is 1. The molecule has 1 fully saturated rings. The molecule has 1 saturated heterocycles. The third-order valence-corrected chi connectivity index (χ3v) is 2.06. The molecular formula is C6HF10NO3. The molecule has 0 unspecified atom stereocenters. The molecule has 0 aromatic carbocycles. The Balaban J connectivity index is 3.60. The van der Waals surface area contributed by atoms with E-state index in [1.807, 2.05) is 4.74 Å². The molecule has 4 nitrogen and oxygen atoms in total. The number of aliphatic carboxylic acids is 1. The Morgan fingerprint density at radius 3 is 1.45 bits per heavy atom. The van der Waals surface area contributed by atoms with Gasteiger partial charge in [-0.1, -0.05) is 4.90 Å². The maximum Gasteiger partial charge on any atom is 0.439 e. The van der Waals surface area contributed by atoms with Gasteiger partial charge in [-0.3, -0.25) is 0 Å². The first kappa shape index (κ1) is 16.7. The minimum atomic E-state index is -6.74. The number of hydrogen-bond acceptors (Lipinski definition) is 3. The molecule has 0 atom stereocenters. The van der Waals surface area contributed by atoms with Crippen molar-refractivity contribution >= 4 is 5.97 Å². The van der Waals surface area contributed by atoms with Gasteiger partial charge in [0.15, 0.2) is 0 Å². The molecule has 0 saturated carbocycles. The molecule has 0 radical (unpaired) electrons. The molecule has 1 heterocycles. The average molecular weight is 325 g/mol. The Labute approximate surface area is 101 Å². The van der Waals surface area contributed by atoms with Crippen LogP contribution in [-0.4, -0.2) is 46.3 Å². The lowest BCUT2D eigenvalue weighted by Gasteiger charge is -2.48. The molecule has 0 aromatic rings. The van der Waals surface area contributed by atoms with E-state index < -0.39 is 41.2 Å². The van der Waals surface area contributed by atoms with Crippen molar-refractivity contribution < 1.29 is 58.5 Å². The molecule has 1 N–H and O–H groups in total. The number of alkyl halides is 10. The van der Waals surface area contributed by atoms with Gasteiger partial charge in [-0.25, -0.2) is 9.53 Å². The predicted molar refractivity (Wildman–Crippen MR) is 35.3 cm³/mol. The van der Waals surface area contributed by atoms with Crippen molar-refractivity contribution in [1.29, 1.82) is 0 Å². The van der Waals surface area contributed by atoms with Crippen LogP contribution < -0.4 is 0 Å². The van der Waals surface area contributed by atoms with E-state index in [1.54, 1.807) is 0 Å². The van der Waals surface area contributed by atoms with Crippen LogP contribution in [0.25, 0.3) is 0 Å². The van der Waals surface area contributed by atoms with Gasteiger partial charge in [-0.05, 0) is 0 Å². The molecule has 1 aliphatic heterocycles. The van der Waals surface area contributed by atoms with E-state index in [1.165, 1.54) is 0 Å². The molecule has 0 bridgehead atoms. The highest BCUT2D eigenvalue weighted by atomic mass is 19.4. The summed E-state index contributed by atoms with van der Waals surface area (Å²) < 4.78 is 129. The highest BCUT2D eigenvalue weighted by Gasteiger charge is 2.88. The standard InChI is InChI=1S/C6HF10NO3/c7-2(8,1(18)19)17-3(9,10)5(13,14)20-6(15,16)4(17,11)12/h(H,18,19). The average Bonchev–Trinajstić information content (AvgIpc) is 2.11. The van der Waals surface area contributed by atoms with Crippen LogP contribution >= 0.6 is 0 Å². The minimum absolute atomic E-state index is 1.86. The van der Waals surface area contributed by atoms with Crippen molar-refractivity contribution in [2.75, 3.05) is 0 Å². The zero-order chi connectivity index (χ0) is 16.4. The third-order valence-electron chi connectivity index (χ3n) is 2.06. The van der Waals surface area contributed by atoms with Crippen molar-refractivity contribution in [1.82, 2.24) is 4.90 Å². The Bertz CT molecular complexity index is 409. The summed E-state index contributed by atoms with van der Waals surface area (Å²) in [6, 6.07) is -19.9. The molecule has 1 rings (SSSR count). The van der Waals surface area contributed by atoms with E-state index in [2.05, 4.69) is 0 Å². The Morgan fingerprint density at radius 1 is 0.900 bits per heavy atom. The SMILES string of the molecule is O=C(O)C(F)(F)N1C(F)(F)C(F)(F)OC(F)(F)C1(F)F. The van der Waals surface area contributed by atoms with Crippen LogP contribution in [0.15, 0.2) is 0 Å². The topological polar surface area (TPSA) is 49.8 Å². The van der Waals surface area contributed by atoms with Crippen LogP contribution in [-0.2, 0) is 9.53 Å². The summed E-state index contributed by atoms with van der Waals surface area (Å²) in [6.45, 7) is 0. The first-order valence-electron chi connectivity index (χ1n) is 4.15. The zero-order valence-corrected chi connectivity index (χ0v) is 8.49. The Hall–Kier alpha value is -1.31. The van der Waals surface area contributed by atoms with E-state index >= 15 is 0 Å². The van der Waals surface area contributed by atoms with Crippen LogP contribution in [0.3, 0.4) is 0 Å². The van der Waals surface area contributed by atoms with Gasteiger partial charge in [-0.15, -0.1) is 0 Å². The maximum absolute atomic E-state index is 12.8. The molecule has 14 heteroatoms. The summed E-state index contributed by atoms with van der Waals surface area (Å²) in [6.07, 6.45) is -13.0. The van der Waals surface area contributed by atoms with Crippen LogP contribution in [0.2, 0.25) is 0 Å². The van der Waals surface area contributed by atoms with E-state index in [-0.39, 0.29) is 0 Å². The summed E-state index contributed by atoms with van der Waals surface area (Å²) in [5, 5.41) is 7.81. The lowest BCUT2D eigenvalue weighted by molar-refractivity contribution is -0.581. The number of carbonyl (C=O) groups is 1. The summed E-state index contributed by atoms with van der Waals surface area (Å²) in [7, 11) is 0. The second kappa shape index (κ2) is 3.87. The number of morpholine rings is 1. The highest BCUT2D eigenvalue weighted by molar-refractivity contribution is 5.75. The first-order chi connectivity index (χ1) is 8.52. The molecular weight excluding hydrogens is 324 g/mol. The Kier molecular flexibility index (Phi) is 3.24. The molecule has 0 aromatic heterocycles. The quantitative estimate of drug-likeness (QED) is 0.626. The summed E-state index contributed by atoms with van der Waals surface area (Å²) >= 11 is 0. The summed E-state index contributed by atoms with van der Waals surface area (Å²) in [4.78, 5) is 6.54. The number of nitrogens with zero attached hydrogens (tertiary/aromatic N) is 1. The molecule has 1 aliphatic rings. The molecule has 0 amide bonds. The largest absolute Gasteiger partial charge is 0.476 e. The monoisotopic (exact) mass is 325 g/mol. The van der Waals surface area contributed by atoms with Gasteiger partial charge in [-0.2, -0.15) is 43.9 Å². The van der Waals surface area contributed by atoms with Gasteiger partial charge >= 0.3 is 36.3 Å². The fourth-order valence-corrected chi connectivity index (χ4v) is 1.17. The summed E-state index contributed by atoms with van der Waals surface area (Å²) in [5.41, 5.74) is 0. The number of hydrogen-bond donors (Lipinski definition) is 1. The fraction of sp³-hybridized carbons (Fsp3) is 0.833. The first-order valence-corrected chi connectivity index (χ1v) is 4.15. The van der Waals surface area contributed by atoms with Crippen molar-refractivity contribution in [3.05, 3.63) is 0 Å². The number of rotatable bonds is 2.